The SMILES string of the molecule is CC1CCC2=CC(C(C)(C)C)=CC21. The monoisotopic (exact) mass is 176 g/mol. The highest BCUT2D eigenvalue weighted by atomic mass is 14.4. The molecule has 13 heavy (non-hydrogen) atoms. The predicted molar refractivity (Wildman–Crippen MR) is 57.5 cm³/mol. The van der Waals surface area contributed by atoms with Crippen molar-refractivity contribution >= 4 is 0 Å². The summed E-state index contributed by atoms with van der Waals surface area (Å²) in [5.74, 6) is 1.67. The second-order valence-electron chi connectivity index (χ2n) is 5.63. The second kappa shape index (κ2) is 2.73. The second-order valence-corrected chi connectivity index (χ2v) is 5.63. The van der Waals surface area contributed by atoms with Gasteiger partial charge in [-0.3, -0.25) is 0 Å². The minimum absolute atomic E-state index is 0.344. The van der Waals surface area contributed by atoms with Crippen molar-refractivity contribution in [3.05, 3.63) is 23.3 Å². The van der Waals surface area contributed by atoms with E-state index in [4.69, 9.17) is 0 Å². The first-order valence-electron chi connectivity index (χ1n) is 5.41. The van der Waals surface area contributed by atoms with Crippen molar-refractivity contribution in [1.29, 1.82) is 0 Å². The zero-order valence-electron chi connectivity index (χ0n) is 9.22. The Labute approximate surface area is 81.7 Å². The molecule has 0 aliphatic heterocycles. The minimum Gasteiger partial charge on any atom is -0.0733 e. The summed E-state index contributed by atoms with van der Waals surface area (Å²) < 4.78 is 0. The van der Waals surface area contributed by atoms with Gasteiger partial charge >= 0.3 is 0 Å². The van der Waals surface area contributed by atoms with E-state index in [2.05, 4.69) is 39.8 Å². The zero-order valence-corrected chi connectivity index (χ0v) is 9.22. The van der Waals surface area contributed by atoms with Crippen molar-refractivity contribution in [3.63, 3.8) is 0 Å². The lowest BCUT2D eigenvalue weighted by molar-refractivity contribution is 0.501. The van der Waals surface area contributed by atoms with Crippen LogP contribution in [-0.4, -0.2) is 0 Å². The van der Waals surface area contributed by atoms with Crippen LogP contribution in [0.25, 0.3) is 0 Å². The molecule has 0 aromatic carbocycles. The van der Waals surface area contributed by atoms with E-state index in [1.54, 1.807) is 11.1 Å². The fraction of sp³-hybridized carbons (Fsp3) is 0.692. The van der Waals surface area contributed by atoms with Crippen LogP contribution >= 0.6 is 0 Å². The molecule has 0 amide bonds. The molecule has 0 saturated heterocycles. The first-order valence-corrected chi connectivity index (χ1v) is 5.41. The summed E-state index contributed by atoms with van der Waals surface area (Å²) in [5.41, 5.74) is 3.59. The Morgan fingerprint density at radius 3 is 2.54 bits per heavy atom. The van der Waals surface area contributed by atoms with Gasteiger partial charge in [0.25, 0.3) is 0 Å². The third-order valence-corrected chi connectivity index (χ3v) is 3.50. The van der Waals surface area contributed by atoms with E-state index in [1.165, 1.54) is 12.8 Å². The van der Waals surface area contributed by atoms with Crippen LogP contribution in [0, 0.1) is 17.3 Å². The van der Waals surface area contributed by atoms with Crippen molar-refractivity contribution in [3.8, 4) is 0 Å². The van der Waals surface area contributed by atoms with Gasteiger partial charge in [0, 0.05) is 5.92 Å². The standard InChI is InChI=1S/C13H20/c1-9-5-6-10-7-11(8-12(9)10)13(2,3)4/h7-9,12H,5-6H2,1-4H3. The highest BCUT2D eigenvalue weighted by Crippen LogP contribution is 2.45. The van der Waals surface area contributed by atoms with Crippen LogP contribution in [0.4, 0.5) is 0 Å². The first-order chi connectivity index (χ1) is 5.98. The molecular formula is C13H20. The first kappa shape index (κ1) is 9.05. The van der Waals surface area contributed by atoms with Gasteiger partial charge in [0.1, 0.15) is 0 Å². The topological polar surface area (TPSA) is 0 Å². The molecule has 0 heterocycles. The van der Waals surface area contributed by atoms with E-state index in [0.29, 0.717) is 5.41 Å². The number of hydrogen-bond acceptors (Lipinski definition) is 0. The molecule has 0 radical (unpaired) electrons. The lowest BCUT2D eigenvalue weighted by Gasteiger charge is -2.19. The molecule has 0 heteroatoms. The molecule has 0 bridgehead atoms. The summed E-state index contributed by atoms with van der Waals surface area (Å²) in [6.07, 6.45) is 7.69. The number of rotatable bonds is 0. The van der Waals surface area contributed by atoms with Gasteiger partial charge in [-0.2, -0.15) is 0 Å². The Kier molecular flexibility index (Phi) is 1.90. The van der Waals surface area contributed by atoms with Crippen LogP contribution in [-0.2, 0) is 0 Å². The van der Waals surface area contributed by atoms with Crippen LogP contribution in [0.3, 0.4) is 0 Å². The number of fused-ring (bicyclic) bond motifs is 1. The quantitative estimate of drug-likeness (QED) is 0.524. The molecule has 2 unspecified atom stereocenters. The van der Waals surface area contributed by atoms with E-state index in [1.807, 2.05) is 0 Å². The van der Waals surface area contributed by atoms with Crippen molar-refractivity contribution in [2.75, 3.05) is 0 Å². The van der Waals surface area contributed by atoms with Crippen LogP contribution in [0.15, 0.2) is 23.3 Å². The summed E-state index contributed by atoms with van der Waals surface area (Å²) in [6.45, 7) is 9.30. The van der Waals surface area contributed by atoms with Gasteiger partial charge in [-0.25, -0.2) is 0 Å². The molecule has 2 atom stereocenters. The van der Waals surface area contributed by atoms with Crippen LogP contribution < -0.4 is 0 Å². The molecule has 2 aliphatic carbocycles. The van der Waals surface area contributed by atoms with Gasteiger partial charge in [0.2, 0.25) is 0 Å². The van der Waals surface area contributed by atoms with Gasteiger partial charge in [0.05, 0.1) is 0 Å². The highest BCUT2D eigenvalue weighted by Gasteiger charge is 2.32. The van der Waals surface area contributed by atoms with Crippen molar-refractivity contribution in [2.45, 2.75) is 40.5 Å². The maximum absolute atomic E-state index is 2.51. The Morgan fingerprint density at radius 2 is 2.00 bits per heavy atom. The third-order valence-electron chi connectivity index (χ3n) is 3.50. The molecule has 0 aromatic heterocycles. The molecule has 2 rings (SSSR count). The van der Waals surface area contributed by atoms with Crippen molar-refractivity contribution in [1.82, 2.24) is 0 Å². The van der Waals surface area contributed by atoms with E-state index in [9.17, 15) is 0 Å². The summed E-state index contributed by atoms with van der Waals surface area (Å²) in [5, 5.41) is 0. The summed E-state index contributed by atoms with van der Waals surface area (Å²) in [6, 6.07) is 0. The average Bonchev–Trinajstić information content (AvgIpc) is 2.51. The molecule has 1 fully saturated rings. The Bertz CT molecular complexity index is 273. The number of allylic oxidation sites excluding steroid dienone is 4. The molecule has 0 nitrogen and oxygen atoms in total. The molecular weight excluding hydrogens is 156 g/mol. The van der Waals surface area contributed by atoms with E-state index in [-0.39, 0.29) is 0 Å². The van der Waals surface area contributed by atoms with Crippen LogP contribution in [0.2, 0.25) is 0 Å². The normalized spacial score (nSPS) is 32.9. The van der Waals surface area contributed by atoms with Gasteiger partial charge in [-0.1, -0.05) is 45.4 Å². The maximum atomic E-state index is 2.51. The van der Waals surface area contributed by atoms with E-state index < -0.39 is 0 Å². The molecule has 72 valence electrons. The van der Waals surface area contributed by atoms with E-state index in [0.717, 1.165) is 11.8 Å². The van der Waals surface area contributed by atoms with Crippen molar-refractivity contribution < 1.29 is 0 Å². The third kappa shape index (κ3) is 1.47. The molecule has 0 aromatic rings. The van der Waals surface area contributed by atoms with Gasteiger partial charge in [0.15, 0.2) is 0 Å². The van der Waals surface area contributed by atoms with Crippen LogP contribution in [0.5, 0.6) is 0 Å². The van der Waals surface area contributed by atoms with Crippen LogP contribution in [0.1, 0.15) is 40.5 Å². The lowest BCUT2D eigenvalue weighted by Crippen LogP contribution is -2.07. The van der Waals surface area contributed by atoms with Crippen molar-refractivity contribution in [2.24, 2.45) is 17.3 Å². The fourth-order valence-electron chi connectivity index (χ4n) is 2.45. The highest BCUT2D eigenvalue weighted by molar-refractivity contribution is 5.41. The zero-order chi connectivity index (χ0) is 9.64. The molecule has 0 spiro atoms. The minimum atomic E-state index is 0.344. The van der Waals surface area contributed by atoms with Gasteiger partial charge in [-0.15, -0.1) is 0 Å². The Hall–Kier alpha value is -0.520. The predicted octanol–water partition coefficient (Wildman–Crippen LogP) is 3.95. The molecule has 0 N–H and O–H groups in total. The van der Waals surface area contributed by atoms with Gasteiger partial charge in [-0.05, 0) is 29.7 Å². The van der Waals surface area contributed by atoms with Gasteiger partial charge < -0.3 is 0 Å². The average molecular weight is 176 g/mol. The Balaban J connectivity index is 2.26. The lowest BCUT2D eigenvalue weighted by atomic mass is 9.86. The fourth-order valence-corrected chi connectivity index (χ4v) is 2.45. The summed E-state index contributed by atoms with van der Waals surface area (Å²) >= 11 is 0. The molecule has 1 saturated carbocycles. The Morgan fingerprint density at radius 1 is 1.31 bits per heavy atom. The smallest absolute Gasteiger partial charge is 0.00117 e. The largest absolute Gasteiger partial charge is 0.0733 e. The maximum Gasteiger partial charge on any atom is 0.00117 e. The van der Waals surface area contributed by atoms with E-state index >= 15 is 0 Å². The summed E-state index contributed by atoms with van der Waals surface area (Å²) in [7, 11) is 0. The number of hydrogen-bond donors (Lipinski definition) is 0. The summed E-state index contributed by atoms with van der Waals surface area (Å²) in [4.78, 5) is 0. The molecule has 2 aliphatic rings.